The number of rotatable bonds is 5. The summed E-state index contributed by atoms with van der Waals surface area (Å²) in [6.07, 6.45) is 9.47. The van der Waals surface area contributed by atoms with Crippen LogP contribution in [0.2, 0.25) is 0 Å². The van der Waals surface area contributed by atoms with Crippen molar-refractivity contribution in [3.63, 3.8) is 0 Å². The van der Waals surface area contributed by atoms with Crippen LogP contribution in [0.5, 0.6) is 0 Å². The van der Waals surface area contributed by atoms with E-state index in [2.05, 4.69) is 15.0 Å². The normalized spacial score (nSPS) is 17.6. The summed E-state index contributed by atoms with van der Waals surface area (Å²) < 4.78 is 27.9. The highest BCUT2D eigenvalue weighted by Gasteiger charge is 2.23. The largest absolute Gasteiger partial charge is 0.384 e. The molecule has 1 fully saturated rings. The van der Waals surface area contributed by atoms with E-state index >= 15 is 0 Å². The van der Waals surface area contributed by atoms with Crippen LogP contribution in [0.1, 0.15) is 45.4 Å². The first-order valence-electron chi connectivity index (χ1n) is 7.33. The Labute approximate surface area is 121 Å². The van der Waals surface area contributed by atoms with Crippen molar-refractivity contribution >= 4 is 15.7 Å². The van der Waals surface area contributed by atoms with Crippen LogP contribution in [0, 0.1) is 0 Å². The number of nitrogens with one attached hydrogen (secondary N) is 2. The third-order valence-corrected chi connectivity index (χ3v) is 5.17. The average molecular weight is 297 g/mol. The van der Waals surface area contributed by atoms with Gasteiger partial charge in [-0.3, -0.25) is 4.98 Å². The fourth-order valence-electron chi connectivity index (χ4n) is 2.61. The number of anilines is 1. The summed E-state index contributed by atoms with van der Waals surface area (Å²) in [5.74, 6) is 0. The molecule has 1 heterocycles. The van der Waals surface area contributed by atoms with Gasteiger partial charge >= 0.3 is 0 Å². The zero-order valence-electron chi connectivity index (χ0n) is 11.9. The van der Waals surface area contributed by atoms with Gasteiger partial charge in [-0.2, -0.15) is 0 Å². The first kappa shape index (κ1) is 15.3. The Hall–Kier alpha value is -1.14. The van der Waals surface area contributed by atoms with Crippen LogP contribution in [-0.4, -0.2) is 26.0 Å². The molecule has 0 aliphatic heterocycles. The van der Waals surface area contributed by atoms with Crippen molar-refractivity contribution in [2.45, 2.75) is 56.4 Å². The third kappa shape index (κ3) is 3.93. The number of pyridine rings is 1. The van der Waals surface area contributed by atoms with Gasteiger partial charge in [0.1, 0.15) is 4.90 Å². The molecule has 0 atom stereocenters. The van der Waals surface area contributed by atoms with Gasteiger partial charge in [0.2, 0.25) is 10.0 Å². The first-order valence-corrected chi connectivity index (χ1v) is 8.82. The molecule has 2 N–H and O–H groups in total. The molecule has 0 unspecified atom stereocenters. The van der Waals surface area contributed by atoms with Crippen LogP contribution in [0.4, 0.5) is 5.69 Å². The van der Waals surface area contributed by atoms with Gasteiger partial charge in [-0.05, 0) is 25.8 Å². The Bertz CT molecular complexity index is 523. The van der Waals surface area contributed by atoms with Gasteiger partial charge in [-0.1, -0.05) is 25.7 Å². The minimum atomic E-state index is -3.50. The second-order valence-corrected chi connectivity index (χ2v) is 6.89. The predicted molar refractivity (Wildman–Crippen MR) is 80.2 cm³/mol. The molecular weight excluding hydrogens is 274 g/mol. The van der Waals surface area contributed by atoms with Crippen molar-refractivity contribution in [1.29, 1.82) is 0 Å². The highest BCUT2D eigenvalue weighted by atomic mass is 32.2. The van der Waals surface area contributed by atoms with E-state index in [1.807, 2.05) is 6.92 Å². The molecule has 1 saturated carbocycles. The van der Waals surface area contributed by atoms with E-state index < -0.39 is 10.0 Å². The topological polar surface area (TPSA) is 71.1 Å². The maximum Gasteiger partial charge on any atom is 0.244 e. The number of hydrogen-bond donors (Lipinski definition) is 2. The zero-order valence-corrected chi connectivity index (χ0v) is 12.7. The Kier molecular flexibility index (Phi) is 5.37. The minimum Gasteiger partial charge on any atom is -0.384 e. The van der Waals surface area contributed by atoms with Crippen molar-refractivity contribution in [1.82, 2.24) is 9.71 Å². The summed E-state index contributed by atoms with van der Waals surface area (Å²) >= 11 is 0. The number of aromatic nitrogens is 1. The van der Waals surface area contributed by atoms with Crippen LogP contribution in [-0.2, 0) is 10.0 Å². The molecule has 1 aliphatic rings. The maximum absolute atomic E-state index is 12.5. The van der Waals surface area contributed by atoms with Gasteiger partial charge in [-0.25, -0.2) is 13.1 Å². The lowest BCUT2D eigenvalue weighted by molar-refractivity contribution is 0.510. The van der Waals surface area contributed by atoms with Crippen LogP contribution in [0.25, 0.3) is 0 Å². The van der Waals surface area contributed by atoms with E-state index in [0.29, 0.717) is 12.2 Å². The van der Waals surface area contributed by atoms with Gasteiger partial charge in [0.05, 0.1) is 5.69 Å². The molecule has 1 aliphatic carbocycles. The molecule has 0 saturated heterocycles. The van der Waals surface area contributed by atoms with E-state index in [1.54, 1.807) is 12.3 Å². The van der Waals surface area contributed by atoms with Crippen molar-refractivity contribution in [3.8, 4) is 0 Å². The fraction of sp³-hybridized carbons (Fsp3) is 0.643. The maximum atomic E-state index is 12.5. The molecule has 112 valence electrons. The van der Waals surface area contributed by atoms with E-state index in [0.717, 1.165) is 25.7 Å². The molecular formula is C14H23N3O2S. The van der Waals surface area contributed by atoms with E-state index in [9.17, 15) is 8.42 Å². The average Bonchev–Trinajstić information content (AvgIpc) is 2.68. The van der Waals surface area contributed by atoms with Crippen molar-refractivity contribution in [3.05, 3.63) is 18.5 Å². The van der Waals surface area contributed by atoms with Crippen molar-refractivity contribution < 1.29 is 8.42 Å². The zero-order chi connectivity index (χ0) is 14.4. The van der Waals surface area contributed by atoms with Gasteiger partial charge in [0, 0.05) is 25.0 Å². The van der Waals surface area contributed by atoms with Crippen molar-refractivity contribution in [2.24, 2.45) is 0 Å². The van der Waals surface area contributed by atoms with Crippen LogP contribution < -0.4 is 10.0 Å². The monoisotopic (exact) mass is 297 g/mol. The van der Waals surface area contributed by atoms with Crippen LogP contribution in [0.15, 0.2) is 23.4 Å². The molecule has 1 aromatic rings. The second kappa shape index (κ2) is 7.04. The smallest absolute Gasteiger partial charge is 0.244 e. The van der Waals surface area contributed by atoms with E-state index in [-0.39, 0.29) is 10.9 Å². The number of sulfonamides is 1. The molecule has 0 radical (unpaired) electrons. The summed E-state index contributed by atoms with van der Waals surface area (Å²) in [6.45, 7) is 2.62. The molecule has 2 rings (SSSR count). The molecule has 0 amide bonds. The Balaban J connectivity index is 2.17. The highest BCUT2D eigenvalue weighted by molar-refractivity contribution is 7.89. The number of nitrogens with zero attached hydrogens (tertiary/aromatic N) is 1. The van der Waals surface area contributed by atoms with Crippen LogP contribution in [0.3, 0.4) is 0 Å². The minimum absolute atomic E-state index is 0.0529. The van der Waals surface area contributed by atoms with Gasteiger partial charge in [-0.15, -0.1) is 0 Å². The molecule has 20 heavy (non-hydrogen) atoms. The second-order valence-electron chi connectivity index (χ2n) is 5.21. The number of hydrogen-bond acceptors (Lipinski definition) is 4. The quantitative estimate of drug-likeness (QED) is 0.819. The molecule has 6 heteroatoms. The van der Waals surface area contributed by atoms with Gasteiger partial charge < -0.3 is 5.32 Å². The SMILES string of the molecule is CCNc1ccncc1S(=O)(=O)NC1CCCCCC1. The summed E-state index contributed by atoms with van der Waals surface area (Å²) in [4.78, 5) is 4.19. The van der Waals surface area contributed by atoms with E-state index in [1.165, 1.54) is 19.0 Å². The molecule has 0 bridgehead atoms. The van der Waals surface area contributed by atoms with Gasteiger partial charge in [0.15, 0.2) is 0 Å². The Morgan fingerprint density at radius 3 is 2.60 bits per heavy atom. The summed E-state index contributed by atoms with van der Waals surface area (Å²) in [6, 6.07) is 1.75. The molecule has 0 aromatic carbocycles. The molecule has 5 nitrogen and oxygen atoms in total. The Morgan fingerprint density at radius 1 is 1.25 bits per heavy atom. The first-order chi connectivity index (χ1) is 9.63. The van der Waals surface area contributed by atoms with Crippen LogP contribution >= 0.6 is 0 Å². The predicted octanol–water partition coefficient (Wildman–Crippen LogP) is 2.51. The lowest BCUT2D eigenvalue weighted by Gasteiger charge is -2.18. The third-order valence-electron chi connectivity index (χ3n) is 3.62. The van der Waals surface area contributed by atoms with Crippen molar-refractivity contribution in [2.75, 3.05) is 11.9 Å². The highest BCUT2D eigenvalue weighted by Crippen LogP contribution is 2.23. The van der Waals surface area contributed by atoms with Gasteiger partial charge in [0.25, 0.3) is 0 Å². The molecule has 1 aromatic heterocycles. The summed E-state index contributed by atoms with van der Waals surface area (Å²) in [7, 11) is -3.50. The molecule has 0 spiro atoms. The van der Waals surface area contributed by atoms with E-state index in [4.69, 9.17) is 0 Å². The lowest BCUT2D eigenvalue weighted by Crippen LogP contribution is -2.34. The standard InChI is InChI=1S/C14H23N3O2S/c1-2-16-13-9-10-15-11-14(13)20(18,19)17-12-7-5-3-4-6-8-12/h9-12,17H,2-8H2,1H3,(H,15,16). The lowest BCUT2D eigenvalue weighted by atomic mass is 10.1. The summed E-state index contributed by atoms with van der Waals surface area (Å²) in [5.41, 5.74) is 0.614. The fourth-order valence-corrected chi connectivity index (χ4v) is 4.04. The Morgan fingerprint density at radius 2 is 1.95 bits per heavy atom. The summed E-state index contributed by atoms with van der Waals surface area (Å²) in [5, 5.41) is 3.07.